The van der Waals surface area contributed by atoms with Gasteiger partial charge in [-0.25, -0.2) is 0 Å². The van der Waals surface area contributed by atoms with Crippen LogP contribution in [0.3, 0.4) is 0 Å². The first-order valence-corrected chi connectivity index (χ1v) is 7.31. The van der Waals surface area contributed by atoms with E-state index in [1.165, 1.54) is 12.0 Å². The van der Waals surface area contributed by atoms with Gasteiger partial charge in [0.25, 0.3) is 0 Å². The molecule has 0 saturated heterocycles. The Morgan fingerprint density at radius 1 is 1.24 bits per heavy atom. The van der Waals surface area contributed by atoms with E-state index in [0.29, 0.717) is 22.8 Å². The van der Waals surface area contributed by atoms with Crippen LogP contribution < -0.4 is 0 Å². The molecule has 0 N–H and O–H groups in total. The molecule has 102 valence electrons. The zero-order chi connectivity index (χ0) is 13.3. The number of allylic oxidation sites excluding steroid dienone is 2. The highest BCUT2D eigenvalue weighted by atomic mass is 28.1. The van der Waals surface area contributed by atoms with Gasteiger partial charge in [0.05, 0.1) is 6.61 Å². The van der Waals surface area contributed by atoms with Gasteiger partial charge in [-0.2, -0.15) is 0 Å². The van der Waals surface area contributed by atoms with Gasteiger partial charge >= 0.3 is 0 Å². The zero-order valence-electron chi connectivity index (χ0n) is 12.2. The topological polar surface area (TPSA) is 27.7 Å². The highest BCUT2D eigenvalue weighted by Gasteiger charge is 2.22. The third kappa shape index (κ3) is 8.55. The highest BCUT2D eigenvalue weighted by molar-refractivity contribution is 6.12. The predicted molar refractivity (Wildman–Crippen MR) is 75.1 cm³/mol. The van der Waals surface area contributed by atoms with E-state index in [2.05, 4.69) is 26.8 Å². The fourth-order valence-electron chi connectivity index (χ4n) is 1.45. The van der Waals surface area contributed by atoms with Crippen LogP contribution in [0, 0.1) is 5.92 Å². The SMILES string of the molecule is COC([SiH3])(OC)OCCC(C)CCC=C(C)C. The fraction of sp³-hybridized carbons (Fsp3) is 0.846. The Morgan fingerprint density at radius 3 is 2.29 bits per heavy atom. The number of hydrogen-bond donors (Lipinski definition) is 0. The van der Waals surface area contributed by atoms with Gasteiger partial charge in [0.15, 0.2) is 0 Å². The summed E-state index contributed by atoms with van der Waals surface area (Å²) < 4.78 is 16.0. The van der Waals surface area contributed by atoms with Crippen LogP contribution >= 0.6 is 0 Å². The molecule has 0 aliphatic rings. The van der Waals surface area contributed by atoms with Crippen LogP contribution in [0.15, 0.2) is 11.6 Å². The summed E-state index contributed by atoms with van der Waals surface area (Å²) in [6.07, 6.45) is 5.71. The zero-order valence-corrected chi connectivity index (χ0v) is 14.2. The Hall–Kier alpha value is -0.163. The van der Waals surface area contributed by atoms with E-state index < -0.39 is 5.60 Å². The van der Waals surface area contributed by atoms with Crippen LogP contribution in [0.25, 0.3) is 0 Å². The van der Waals surface area contributed by atoms with Crippen LogP contribution in [0.5, 0.6) is 0 Å². The minimum absolute atomic E-state index is 0.672. The number of ether oxygens (including phenoxy) is 3. The Bertz CT molecular complexity index is 221. The molecular weight excluding hydrogens is 232 g/mol. The maximum absolute atomic E-state index is 5.63. The molecule has 0 spiro atoms. The van der Waals surface area contributed by atoms with Gasteiger partial charge in [-0.1, -0.05) is 18.6 Å². The molecule has 0 aliphatic heterocycles. The second-order valence-corrected chi connectivity index (χ2v) is 6.10. The van der Waals surface area contributed by atoms with Crippen molar-refractivity contribution in [3.63, 3.8) is 0 Å². The van der Waals surface area contributed by atoms with Crippen LogP contribution in [-0.4, -0.2) is 36.7 Å². The summed E-state index contributed by atoms with van der Waals surface area (Å²) >= 11 is 0. The monoisotopic (exact) mass is 260 g/mol. The summed E-state index contributed by atoms with van der Waals surface area (Å²) in [7, 11) is 3.94. The summed E-state index contributed by atoms with van der Waals surface area (Å²) in [5.41, 5.74) is 0.630. The first-order valence-electron chi connectivity index (χ1n) is 6.31. The quantitative estimate of drug-likeness (QED) is 0.361. The first-order chi connectivity index (χ1) is 7.93. The minimum Gasteiger partial charge on any atom is -0.336 e. The van der Waals surface area contributed by atoms with Crippen LogP contribution in [0.1, 0.15) is 40.0 Å². The lowest BCUT2D eigenvalue weighted by atomic mass is 10.0. The van der Waals surface area contributed by atoms with Gasteiger partial charge in [-0.15, -0.1) is 0 Å². The van der Waals surface area contributed by atoms with Gasteiger partial charge in [-0.3, -0.25) is 0 Å². The summed E-state index contributed by atoms with van der Waals surface area (Å²) in [5, 5.41) is 0. The second kappa shape index (κ2) is 8.86. The van der Waals surface area contributed by atoms with Crippen molar-refractivity contribution in [2.45, 2.75) is 45.6 Å². The maximum Gasteiger partial charge on any atom is 0.244 e. The molecule has 0 rings (SSSR count). The molecule has 0 radical (unpaired) electrons. The lowest BCUT2D eigenvalue weighted by Crippen LogP contribution is -2.38. The van der Waals surface area contributed by atoms with Gasteiger partial charge in [-0.05, 0) is 39.0 Å². The van der Waals surface area contributed by atoms with Gasteiger partial charge in [0, 0.05) is 14.2 Å². The molecular formula is C13H28O3Si. The van der Waals surface area contributed by atoms with Gasteiger partial charge in [0.1, 0.15) is 10.2 Å². The van der Waals surface area contributed by atoms with Crippen molar-refractivity contribution in [2.24, 2.45) is 5.92 Å². The first kappa shape index (κ1) is 16.8. The molecule has 1 unspecified atom stereocenters. The standard InChI is InChI=1S/C13H28O3Si/c1-11(2)7-6-8-12(3)9-10-16-13(17,14-4)15-5/h7,12H,6,8-10H2,1-5,17H3. The van der Waals surface area contributed by atoms with E-state index >= 15 is 0 Å². The van der Waals surface area contributed by atoms with E-state index in [0.717, 1.165) is 12.8 Å². The van der Waals surface area contributed by atoms with E-state index in [1.54, 1.807) is 14.2 Å². The summed E-state index contributed by atoms with van der Waals surface area (Å²) in [6.45, 7) is 7.24. The third-order valence-corrected chi connectivity index (χ3v) is 4.03. The molecule has 0 bridgehead atoms. The van der Waals surface area contributed by atoms with Crippen LogP contribution in [0.2, 0.25) is 0 Å². The highest BCUT2D eigenvalue weighted by Crippen LogP contribution is 2.14. The van der Waals surface area contributed by atoms with Gasteiger partial charge in [0.2, 0.25) is 5.60 Å². The molecule has 0 aromatic heterocycles. The Morgan fingerprint density at radius 2 is 1.82 bits per heavy atom. The lowest BCUT2D eigenvalue weighted by Gasteiger charge is -2.27. The minimum atomic E-state index is -0.764. The average Bonchev–Trinajstić information content (AvgIpc) is 2.28. The normalized spacial score (nSPS) is 13.7. The van der Waals surface area contributed by atoms with E-state index in [1.807, 2.05) is 0 Å². The summed E-state index contributed by atoms with van der Waals surface area (Å²) in [4.78, 5) is 0. The summed E-state index contributed by atoms with van der Waals surface area (Å²) in [5.74, 6) is 0.672. The smallest absolute Gasteiger partial charge is 0.244 e. The fourth-order valence-corrected chi connectivity index (χ4v) is 1.65. The molecule has 0 aromatic rings. The molecule has 3 nitrogen and oxygen atoms in total. The molecule has 0 aliphatic carbocycles. The van der Waals surface area contributed by atoms with Crippen molar-refractivity contribution in [1.82, 2.24) is 0 Å². The van der Waals surface area contributed by atoms with Gasteiger partial charge < -0.3 is 14.2 Å². The van der Waals surface area contributed by atoms with E-state index in [-0.39, 0.29) is 0 Å². The summed E-state index contributed by atoms with van der Waals surface area (Å²) in [6, 6.07) is 0. The number of rotatable bonds is 9. The van der Waals surface area contributed by atoms with Crippen LogP contribution in [0.4, 0.5) is 0 Å². The molecule has 4 heteroatoms. The molecule has 1 atom stereocenters. The van der Waals surface area contributed by atoms with Crippen molar-refractivity contribution < 1.29 is 14.2 Å². The van der Waals surface area contributed by atoms with E-state index in [4.69, 9.17) is 14.2 Å². The molecule has 0 aromatic carbocycles. The molecule has 0 heterocycles. The Labute approximate surface area is 109 Å². The molecule has 0 saturated carbocycles. The second-order valence-electron chi connectivity index (χ2n) is 4.87. The average molecular weight is 260 g/mol. The molecule has 0 amide bonds. The predicted octanol–water partition coefficient (Wildman–Crippen LogP) is 2.05. The maximum atomic E-state index is 5.63. The van der Waals surface area contributed by atoms with Crippen molar-refractivity contribution in [3.8, 4) is 0 Å². The third-order valence-electron chi connectivity index (χ3n) is 2.93. The lowest BCUT2D eigenvalue weighted by molar-refractivity contribution is -0.304. The van der Waals surface area contributed by atoms with Crippen LogP contribution in [-0.2, 0) is 14.2 Å². The number of hydrogen-bond acceptors (Lipinski definition) is 3. The Kier molecular flexibility index (Phi) is 8.77. The van der Waals surface area contributed by atoms with Crippen molar-refractivity contribution >= 4 is 10.2 Å². The number of methoxy groups -OCH3 is 2. The molecule has 17 heavy (non-hydrogen) atoms. The van der Waals surface area contributed by atoms with Crippen molar-refractivity contribution in [1.29, 1.82) is 0 Å². The van der Waals surface area contributed by atoms with Crippen molar-refractivity contribution in [3.05, 3.63) is 11.6 Å². The Balaban J connectivity index is 3.70. The largest absolute Gasteiger partial charge is 0.336 e. The van der Waals surface area contributed by atoms with E-state index in [9.17, 15) is 0 Å². The molecule has 0 fully saturated rings. The van der Waals surface area contributed by atoms with Crippen molar-refractivity contribution in [2.75, 3.05) is 20.8 Å².